The quantitative estimate of drug-likeness (QED) is 0.650. The zero-order chi connectivity index (χ0) is 13.1. The maximum atomic E-state index is 11.0. The molecule has 6 heteroatoms. The molecule has 0 aromatic heterocycles. The van der Waals surface area contributed by atoms with Gasteiger partial charge in [0.2, 0.25) is 0 Å². The van der Waals surface area contributed by atoms with Crippen LogP contribution in [0.5, 0.6) is 0 Å². The van der Waals surface area contributed by atoms with E-state index in [-0.39, 0.29) is 10.6 Å². The lowest BCUT2D eigenvalue weighted by atomic mass is 10.2. The molecule has 0 spiro atoms. The summed E-state index contributed by atoms with van der Waals surface area (Å²) >= 11 is 0. The molecule has 1 aromatic rings. The molecule has 0 amide bonds. The number of hydrogen-bond donors (Lipinski definition) is 1. The Morgan fingerprint density at radius 1 is 1.28 bits per heavy atom. The summed E-state index contributed by atoms with van der Waals surface area (Å²) in [6.07, 6.45) is 0. The highest BCUT2D eigenvalue weighted by molar-refractivity contribution is 5.61. The van der Waals surface area contributed by atoms with Gasteiger partial charge in [-0.25, -0.2) is 5.01 Å². The maximum absolute atomic E-state index is 11.0. The van der Waals surface area contributed by atoms with Crippen molar-refractivity contribution >= 4 is 11.4 Å². The first-order valence-corrected chi connectivity index (χ1v) is 6.01. The number of likely N-dealkylation sites (N-methyl/N-ethyl adjacent to an activating group) is 1. The van der Waals surface area contributed by atoms with Crippen molar-refractivity contribution in [2.24, 2.45) is 0 Å². The van der Waals surface area contributed by atoms with Gasteiger partial charge in [0.25, 0.3) is 5.69 Å². The second-order valence-corrected chi connectivity index (χ2v) is 4.68. The molecule has 1 aliphatic rings. The third kappa shape index (κ3) is 2.96. The Morgan fingerprint density at radius 2 is 1.94 bits per heavy atom. The highest BCUT2D eigenvalue weighted by Crippen LogP contribution is 2.25. The normalized spacial score (nSPS) is 17.7. The number of nitro groups is 1. The van der Waals surface area contributed by atoms with Gasteiger partial charge in [0.15, 0.2) is 0 Å². The molecule has 0 saturated carbocycles. The van der Waals surface area contributed by atoms with Gasteiger partial charge in [0.1, 0.15) is 5.69 Å². The minimum Gasteiger partial charge on any atom is -0.313 e. The number of nitro benzene ring substituents is 1. The van der Waals surface area contributed by atoms with Crippen molar-refractivity contribution in [1.29, 1.82) is 0 Å². The first-order chi connectivity index (χ1) is 8.56. The van der Waals surface area contributed by atoms with Crippen molar-refractivity contribution in [3.05, 3.63) is 33.9 Å². The fraction of sp³-hybridized carbons (Fsp3) is 0.500. The van der Waals surface area contributed by atoms with Crippen LogP contribution in [-0.2, 0) is 0 Å². The third-order valence-electron chi connectivity index (χ3n) is 3.13. The number of rotatable bonds is 3. The number of anilines is 1. The number of piperazine rings is 1. The Hall–Kier alpha value is -1.66. The van der Waals surface area contributed by atoms with Crippen molar-refractivity contribution in [2.75, 3.05) is 38.7 Å². The molecule has 18 heavy (non-hydrogen) atoms. The molecule has 0 radical (unpaired) electrons. The van der Waals surface area contributed by atoms with E-state index in [4.69, 9.17) is 0 Å². The summed E-state index contributed by atoms with van der Waals surface area (Å²) in [5.41, 5.74) is 4.74. The van der Waals surface area contributed by atoms with Crippen LogP contribution in [-0.4, -0.2) is 48.1 Å². The SMILES string of the molecule is Cc1ccc(NN2CCN(C)CC2)c([N+](=O)[O-])c1. The van der Waals surface area contributed by atoms with Crippen molar-refractivity contribution in [3.8, 4) is 0 Å². The van der Waals surface area contributed by atoms with Crippen LogP contribution in [0.25, 0.3) is 0 Å². The average molecular weight is 250 g/mol. The molecule has 98 valence electrons. The molecule has 1 fully saturated rings. The van der Waals surface area contributed by atoms with Crippen molar-refractivity contribution in [2.45, 2.75) is 6.92 Å². The van der Waals surface area contributed by atoms with E-state index < -0.39 is 0 Å². The highest BCUT2D eigenvalue weighted by atomic mass is 16.6. The fourth-order valence-corrected chi connectivity index (χ4v) is 1.98. The van der Waals surface area contributed by atoms with E-state index in [1.807, 2.05) is 18.0 Å². The maximum Gasteiger partial charge on any atom is 0.293 e. The summed E-state index contributed by atoms with van der Waals surface area (Å²) in [6, 6.07) is 5.25. The molecule has 1 N–H and O–H groups in total. The molecule has 0 bridgehead atoms. The molecule has 6 nitrogen and oxygen atoms in total. The Labute approximate surface area is 106 Å². The molecule has 1 saturated heterocycles. The molecule has 0 aliphatic carbocycles. The molecule has 0 unspecified atom stereocenters. The molecule has 1 aliphatic heterocycles. The molecule has 0 atom stereocenters. The zero-order valence-corrected chi connectivity index (χ0v) is 10.7. The number of nitrogens with zero attached hydrogens (tertiary/aromatic N) is 3. The summed E-state index contributed by atoms with van der Waals surface area (Å²) in [4.78, 5) is 12.9. The second-order valence-electron chi connectivity index (χ2n) is 4.68. The van der Waals surface area contributed by atoms with Crippen LogP contribution < -0.4 is 5.43 Å². The predicted molar refractivity (Wildman–Crippen MR) is 70.5 cm³/mol. The van der Waals surface area contributed by atoms with Crippen molar-refractivity contribution < 1.29 is 4.92 Å². The summed E-state index contributed by atoms with van der Waals surface area (Å²) in [5.74, 6) is 0. The standard InChI is InChI=1S/C12H18N4O2/c1-10-3-4-11(12(9-10)16(17)18)13-15-7-5-14(2)6-8-15/h3-4,9,13H,5-8H2,1-2H3. The molecular formula is C12H18N4O2. The van der Waals surface area contributed by atoms with Gasteiger partial charge >= 0.3 is 0 Å². The number of nitrogens with one attached hydrogen (secondary N) is 1. The van der Waals surface area contributed by atoms with Crippen molar-refractivity contribution in [1.82, 2.24) is 9.91 Å². The number of benzene rings is 1. The van der Waals surface area contributed by atoms with Crippen molar-refractivity contribution in [3.63, 3.8) is 0 Å². The van der Waals surface area contributed by atoms with E-state index in [1.54, 1.807) is 12.1 Å². The lowest BCUT2D eigenvalue weighted by molar-refractivity contribution is -0.384. The summed E-state index contributed by atoms with van der Waals surface area (Å²) in [7, 11) is 2.08. The van der Waals surface area contributed by atoms with Crippen LogP contribution in [0.15, 0.2) is 18.2 Å². The van der Waals surface area contributed by atoms with Gasteiger partial charge in [-0.3, -0.25) is 10.1 Å². The Morgan fingerprint density at radius 3 is 2.56 bits per heavy atom. The first kappa shape index (κ1) is 12.8. The van der Waals surface area contributed by atoms with Gasteiger partial charge in [0.05, 0.1) is 4.92 Å². The van der Waals surface area contributed by atoms with Gasteiger partial charge < -0.3 is 10.3 Å². The van der Waals surface area contributed by atoms with Gasteiger partial charge in [-0.15, -0.1) is 0 Å². The van der Waals surface area contributed by atoms with E-state index >= 15 is 0 Å². The smallest absolute Gasteiger partial charge is 0.293 e. The average Bonchev–Trinajstić information content (AvgIpc) is 2.34. The highest BCUT2D eigenvalue weighted by Gasteiger charge is 2.18. The van der Waals surface area contributed by atoms with Gasteiger partial charge in [-0.1, -0.05) is 6.07 Å². The van der Waals surface area contributed by atoms with Gasteiger partial charge in [0, 0.05) is 32.2 Å². The van der Waals surface area contributed by atoms with Gasteiger partial charge in [-0.2, -0.15) is 0 Å². The molecule has 1 heterocycles. The van der Waals surface area contributed by atoms with Crippen LogP contribution in [0.2, 0.25) is 0 Å². The third-order valence-corrected chi connectivity index (χ3v) is 3.13. The van der Waals surface area contributed by atoms with Gasteiger partial charge in [-0.05, 0) is 25.6 Å². The van der Waals surface area contributed by atoms with E-state index in [9.17, 15) is 10.1 Å². The Kier molecular flexibility index (Phi) is 3.78. The summed E-state index contributed by atoms with van der Waals surface area (Å²) in [6.45, 7) is 5.51. The fourth-order valence-electron chi connectivity index (χ4n) is 1.98. The van der Waals surface area contributed by atoms with Crippen LogP contribution in [0.4, 0.5) is 11.4 Å². The van der Waals surface area contributed by atoms with E-state index in [1.165, 1.54) is 0 Å². The minimum absolute atomic E-state index is 0.133. The first-order valence-electron chi connectivity index (χ1n) is 6.01. The molecule has 2 rings (SSSR count). The summed E-state index contributed by atoms with van der Waals surface area (Å²) < 4.78 is 0. The Balaban J connectivity index is 2.11. The number of hydrazine groups is 1. The number of aryl methyl sites for hydroxylation is 1. The largest absolute Gasteiger partial charge is 0.313 e. The monoisotopic (exact) mass is 250 g/mol. The van der Waals surface area contributed by atoms with E-state index in [0.717, 1.165) is 31.7 Å². The van der Waals surface area contributed by atoms with Crippen LogP contribution in [0.1, 0.15) is 5.56 Å². The Bertz CT molecular complexity index is 442. The number of hydrogen-bond acceptors (Lipinski definition) is 5. The molecule has 1 aromatic carbocycles. The van der Waals surface area contributed by atoms with E-state index in [0.29, 0.717) is 5.69 Å². The van der Waals surface area contributed by atoms with Crippen LogP contribution >= 0.6 is 0 Å². The predicted octanol–water partition coefficient (Wildman–Crippen LogP) is 1.48. The lowest BCUT2D eigenvalue weighted by Crippen LogP contribution is -2.47. The van der Waals surface area contributed by atoms with Crippen LogP contribution in [0, 0.1) is 17.0 Å². The summed E-state index contributed by atoms with van der Waals surface area (Å²) in [5, 5.41) is 13.0. The minimum atomic E-state index is -0.342. The second kappa shape index (κ2) is 5.32. The van der Waals surface area contributed by atoms with E-state index in [2.05, 4.69) is 17.4 Å². The zero-order valence-electron chi connectivity index (χ0n) is 10.7. The molecular weight excluding hydrogens is 232 g/mol. The topological polar surface area (TPSA) is 61.6 Å². The van der Waals surface area contributed by atoms with Crippen LogP contribution in [0.3, 0.4) is 0 Å². The lowest BCUT2D eigenvalue weighted by Gasteiger charge is -2.32.